The van der Waals surface area contributed by atoms with E-state index in [1.54, 1.807) is 4.90 Å². The highest BCUT2D eigenvalue weighted by Crippen LogP contribution is 2.44. The number of benzene rings is 1. The highest BCUT2D eigenvalue weighted by molar-refractivity contribution is 6.31. The number of likely N-dealkylation sites (tertiary alicyclic amines) is 1. The SMILES string of the molecule is C[C@@H]1CN(C(=O)c2cc(F)cc(Cl)c2)CC[C@@]1(O)C1CCC1. The lowest BCUT2D eigenvalue weighted by Crippen LogP contribution is -2.57. The lowest BCUT2D eigenvalue weighted by Gasteiger charge is -2.50. The van der Waals surface area contributed by atoms with Gasteiger partial charge in [-0.2, -0.15) is 0 Å². The second-order valence-corrected chi connectivity index (χ2v) is 7.12. The topological polar surface area (TPSA) is 40.5 Å². The van der Waals surface area contributed by atoms with Crippen molar-refractivity contribution in [1.82, 2.24) is 4.90 Å². The number of nitrogens with zero attached hydrogens (tertiary/aromatic N) is 1. The van der Waals surface area contributed by atoms with Gasteiger partial charge in [-0.05, 0) is 43.4 Å². The Kier molecular flexibility index (Phi) is 4.17. The Bertz CT molecular complexity index is 570. The van der Waals surface area contributed by atoms with Crippen molar-refractivity contribution in [2.75, 3.05) is 13.1 Å². The summed E-state index contributed by atoms with van der Waals surface area (Å²) in [6.45, 7) is 3.00. The van der Waals surface area contributed by atoms with Crippen molar-refractivity contribution in [2.45, 2.75) is 38.2 Å². The van der Waals surface area contributed by atoms with E-state index in [2.05, 4.69) is 0 Å². The van der Waals surface area contributed by atoms with Crippen LogP contribution in [0.15, 0.2) is 18.2 Å². The molecule has 0 aromatic heterocycles. The monoisotopic (exact) mass is 325 g/mol. The fourth-order valence-corrected chi connectivity index (χ4v) is 3.92. The molecular formula is C17H21ClFNO2. The van der Waals surface area contributed by atoms with Gasteiger partial charge in [-0.1, -0.05) is 24.9 Å². The van der Waals surface area contributed by atoms with Crippen molar-refractivity contribution in [3.63, 3.8) is 0 Å². The largest absolute Gasteiger partial charge is 0.389 e. The van der Waals surface area contributed by atoms with Crippen LogP contribution in [0.1, 0.15) is 43.0 Å². The van der Waals surface area contributed by atoms with Gasteiger partial charge in [-0.25, -0.2) is 4.39 Å². The van der Waals surface area contributed by atoms with Crippen molar-refractivity contribution in [1.29, 1.82) is 0 Å². The number of carbonyl (C=O) groups is 1. The van der Waals surface area contributed by atoms with Crippen LogP contribution in [0.4, 0.5) is 4.39 Å². The molecule has 2 fully saturated rings. The number of halogens is 2. The highest BCUT2D eigenvalue weighted by Gasteiger charge is 2.47. The van der Waals surface area contributed by atoms with Crippen molar-refractivity contribution in [3.05, 3.63) is 34.6 Å². The van der Waals surface area contributed by atoms with E-state index in [4.69, 9.17) is 11.6 Å². The number of amides is 1. The zero-order valence-electron chi connectivity index (χ0n) is 12.7. The molecule has 2 atom stereocenters. The second kappa shape index (κ2) is 5.82. The summed E-state index contributed by atoms with van der Waals surface area (Å²) < 4.78 is 13.4. The number of carbonyl (C=O) groups excluding carboxylic acids is 1. The van der Waals surface area contributed by atoms with E-state index >= 15 is 0 Å². The third kappa shape index (κ3) is 2.74. The minimum Gasteiger partial charge on any atom is -0.389 e. The standard InChI is InChI=1S/C17H21ClFNO2/c1-11-10-20(6-5-17(11,22)13-3-2-4-13)16(21)12-7-14(18)9-15(19)8-12/h7-9,11,13,22H,2-6,10H2,1H3/t11-,17+/m1/s1. The molecule has 1 N–H and O–H groups in total. The zero-order chi connectivity index (χ0) is 15.9. The van der Waals surface area contributed by atoms with Crippen LogP contribution in [0.5, 0.6) is 0 Å². The molecule has 1 aliphatic heterocycles. The summed E-state index contributed by atoms with van der Waals surface area (Å²) in [6, 6.07) is 3.89. The first-order chi connectivity index (χ1) is 10.4. The summed E-state index contributed by atoms with van der Waals surface area (Å²) in [5.74, 6) is -0.335. The maximum absolute atomic E-state index is 13.4. The van der Waals surface area contributed by atoms with E-state index in [1.165, 1.54) is 24.6 Å². The molecule has 22 heavy (non-hydrogen) atoms. The minimum absolute atomic E-state index is 0.0273. The number of hydrogen-bond donors (Lipinski definition) is 1. The third-order valence-electron chi connectivity index (χ3n) is 5.34. The summed E-state index contributed by atoms with van der Waals surface area (Å²) in [6.07, 6.45) is 3.93. The Labute approximate surface area is 135 Å². The molecule has 0 radical (unpaired) electrons. The van der Waals surface area contributed by atoms with Gasteiger partial charge in [0.05, 0.1) is 5.60 Å². The number of rotatable bonds is 2. The van der Waals surface area contributed by atoms with Crippen LogP contribution in [-0.2, 0) is 0 Å². The highest BCUT2D eigenvalue weighted by atomic mass is 35.5. The summed E-state index contributed by atoms with van der Waals surface area (Å²) in [7, 11) is 0. The van der Waals surface area contributed by atoms with Crippen LogP contribution in [-0.4, -0.2) is 34.6 Å². The predicted molar refractivity (Wildman–Crippen MR) is 83.4 cm³/mol. The average molecular weight is 326 g/mol. The average Bonchev–Trinajstić information content (AvgIpc) is 2.38. The van der Waals surface area contributed by atoms with Gasteiger partial charge in [0.25, 0.3) is 5.91 Å². The zero-order valence-corrected chi connectivity index (χ0v) is 13.4. The molecule has 1 heterocycles. The van der Waals surface area contributed by atoms with Gasteiger partial charge in [-0.3, -0.25) is 4.79 Å². The Morgan fingerprint density at radius 2 is 2.14 bits per heavy atom. The van der Waals surface area contributed by atoms with E-state index in [9.17, 15) is 14.3 Å². The summed E-state index contributed by atoms with van der Waals surface area (Å²) in [4.78, 5) is 14.2. The first kappa shape index (κ1) is 15.8. The molecule has 1 aromatic carbocycles. The number of aliphatic hydroxyl groups is 1. The molecule has 1 amide bonds. The lowest BCUT2D eigenvalue weighted by molar-refractivity contribution is -0.122. The van der Waals surface area contributed by atoms with Gasteiger partial charge >= 0.3 is 0 Å². The van der Waals surface area contributed by atoms with Gasteiger partial charge in [0.1, 0.15) is 5.82 Å². The van der Waals surface area contributed by atoms with E-state index < -0.39 is 11.4 Å². The fraction of sp³-hybridized carbons (Fsp3) is 0.588. The molecule has 120 valence electrons. The molecule has 0 spiro atoms. The van der Waals surface area contributed by atoms with E-state index in [1.807, 2.05) is 6.92 Å². The molecule has 1 aliphatic carbocycles. The summed E-state index contributed by atoms with van der Waals surface area (Å²) >= 11 is 5.82. The predicted octanol–water partition coefficient (Wildman–Crippen LogP) is 3.49. The quantitative estimate of drug-likeness (QED) is 0.904. The lowest BCUT2D eigenvalue weighted by atomic mass is 9.65. The van der Waals surface area contributed by atoms with Crippen molar-refractivity contribution in [2.24, 2.45) is 11.8 Å². The molecule has 0 bridgehead atoms. The van der Waals surface area contributed by atoms with Crippen LogP contribution in [0, 0.1) is 17.7 Å². The van der Waals surface area contributed by atoms with Crippen LogP contribution < -0.4 is 0 Å². The number of hydrogen-bond acceptors (Lipinski definition) is 2. The molecule has 0 unspecified atom stereocenters. The molecule has 1 aromatic rings. The second-order valence-electron chi connectivity index (χ2n) is 6.68. The minimum atomic E-state index is -0.658. The van der Waals surface area contributed by atoms with Gasteiger partial charge < -0.3 is 10.0 Å². The molecule has 1 saturated heterocycles. The maximum Gasteiger partial charge on any atom is 0.254 e. The van der Waals surface area contributed by atoms with Crippen LogP contribution in [0.2, 0.25) is 5.02 Å². The smallest absolute Gasteiger partial charge is 0.254 e. The van der Waals surface area contributed by atoms with Gasteiger partial charge in [0.15, 0.2) is 0 Å². The molecular weight excluding hydrogens is 305 g/mol. The van der Waals surface area contributed by atoms with Crippen molar-refractivity contribution in [3.8, 4) is 0 Å². The molecule has 2 aliphatic rings. The number of piperidine rings is 1. The Morgan fingerprint density at radius 1 is 1.41 bits per heavy atom. The summed E-state index contributed by atoms with van der Waals surface area (Å²) in [5, 5.41) is 11.1. The van der Waals surface area contributed by atoms with Crippen LogP contribution in [0.25, 0.3) is 0 Å². The van der Waals surface area contributed by atoms with Gasteiger partial charge in [0.2, 0.25) is 0 Å². The summed E-state index contributed by atoms with van der Waals surface area (Å²) in [5.41, 5.74) is -0.388. The van der Waals surface area contributed by atoms with Gasteiger partial charge in [0, 0.05) is 29.6 Å². The normalized spacial score (nSPS) is 29.3. The van der Waals surface area contributed by atoms with E-state index in [0.717, 1.165) is 12.8 Å². The fourth-order valence-electron chi connectivity index (χ4n) is 3.70. The molecule has 3 rings (SSSR count). The van der Waals surface area contributed by atoms with Gasteiger partial charge in [-0.15, -0.1) is 0 Å². The van der Waals surface area contributed by atoms with E-state index in [-0.39, 0.29) is 22.4 Å². The van der Waals surface area contributed by atoms with Crippen molar-refractivity contribution >= 4 is 17.5 Å². The van der Waals surface area contributed by atoms with Crippen LogP contribution in [0.3, 0.4) is 0 Å². The Balaban J connectivity index is 1.73. The third-order valence-corrected chi connectivity index (χ3v) is 5.56. The van der Waals surface area contributed by atoms with Crippen LogP contribution >= 0.6 is 11.6 Å². The first-order valence-corrected chi connectivity index (χ1v) is 8.25. The molecule has 3 nitrogen and oxygen atoms in total. The van der Waals surface area contributed by atoms with E-state index in [0.29, 0.717) is 25.4 Å². The molecule has 1 saturated carbocycles. The van der Waals surface area contributed by atoms with Crippen molar-refractivity contribution < 1.29 is 14.3 Å². The molecule has 5 heteroatoms. The Hall–Kier alpha value is -1.13. The Morgan fingerprint density at radius 3 is 2.68 bits per heavy atom. The first-order valence-electron chi connectivity index (χ1n) is 7.88. The maximum atomic E-state index is 13.4.